The molecule has 0 aliphatic carbocycles. The molecule has 0 nitrogen and oxygen atoms in total. The van der Waals surface area contributed by atoms with Crippen LogP contribution in [0.3, 0.4) is 0 Å². The van der Waals surface area contributed by atoms with Gasteiger partial charge in [0, 0.05) is 0 Å². The summed E-state index contributed by atoms with van der Waals surface area (Å²) in [7, 11) is 0. The minimum Gasteiger partial charge on any atom is -0.178 e. The van der Waals surface area contributed by atoms with Crippen LogP contribution in [-0.2, 0) is 5.41 Å². The predicted molar refractivity (Wildman–Crippen MR) is 58.1 cm³/mol. The Morgan fingerprint density at radius 1 is 1.17 bits per heavy atom. The summed E-state index contributed by atoms with van der Waals surface area (Å²) in [5.74, 6) is 0.885. The van der Waals surface area contributed by atoms with Crippen LogP contribution in [0.2, 0.25) is 0 Å². The van der Waals surface area contributed by atoms with E-state index < -0.39 is 0 Å². The fraction of sp³-hybridized carbons (Fsp3) is 0.455. The molecule has 0 bridgehead atoms. The Labute approximate surface area is 80.4 Å². The first kappa shape index (κ1) is 9.66. The third kappa shape index (κ3) is 2.04. The zero-order valence-electron chi connectivity index (χ0n) is 7.96. The van der Waals surface area contributed by atoms with Crippen LogP contribution in [0.4, 0.5) is 0 Å². The summed E-state index contributed by atoms with van der Waals surface area (Å²) in [6.07, 6.45) is 0. The highest BCUT2D eigenvalue weighted by molar-refractivity contribution is 7.80. The maximum absolute atomic E-state index is 4.34. The van der Waals surface area contributed by atoms with Crippen molar-refractivity contribution >= 4 is 12.6 Å². The third-order valence-electron chi connectivity index (χ3n) is 2.23. The lowest BCUT2D eigenvalue weighted by molar-refractivity contribution is 0.604. The van der Waals surface area contributed by atoms with Gasteiger partial charge in [0.05, 0.1) is 0 Å². The monoisotopic (exact) mass is 180 g/mol. The van der Waals surface area contributed by atoms with Crippen molar-refractivity contribution < 1.29 is 0 Å². The second-order valence-corrected chi connectivity index (χ2v) is 4.22. The molecule has 1 heteroatoms. The Morgan fingerprint density at radius 2 is 1.67 bits per heavy atom. The van der Waals surface area contributed by atoms with Crippen molar-refractivity contribution in [3.8, 4) is 0 Å². The number of hydrogen-bond donors (Lipinski definition) is 1. The van der Waals surface area contributed by atoms with E-state index in [1.165, 1.54) is 11.1 Å². The van der Waals surface area contributed by atoms with E-state index in [9.17, 15) is 0 Å². The molecule has 12 heavy (non-hydrogen) atoms. The SMILES string of the molecule is Cc1ccc(C(C)(C)CS)cc1. The number of rotatable bonds is 2. The lowest BCUT2D eigenvalue weighted by Gasteiger charge is -2.22. The molecule has 0 radical (unpaired) electrons. The van der Waals surface area contributed by atoms with Gasteiger partial charge in [0.1, 0.15) is 0 Å². The molecule has 0 unspecified atom stereocenters. The van der Waals surface area contributed by atoms with Crippen molar-refractivity contribution in [1.82, 2.24) is 0 Å². The maximum atomic E-state index is 4.34. The van der Waals surface area contributed by atoms with Crippen LogP contribution in [0, 0.1) is 6.92 Å². The number of hydrogen-bond acceptors (Lipinski definition) is 1. The summed E-state index contributed by atoms with van der Waals surface area (Å²) >= 11 is 4.34. The second kappa shape index (κ2) is 3.53. The first-order valence-corrected chi connectivity index (χ1v) is 4.87. The normalized spacial score (nSPS) is 11.7. The molecule has 0 atom stereocenters. The van der Waals surface area contributed by atoms with Crippen LogP contribution in [0.25, 0.3) is 0 Å². The molecule has 0 N–H and O–H groups in total. The summed E-state index contributed by atoms with van der Waals surface area (Å²) in [5.41, 5.74) is 2.87. The summed E-state index contributed by atoms with van der Waals surface area (Å²) < 4.78 is 0. The van der Waals surface area contributed by atoms with Crippen molar-refractivity contribution in [3.63, 3.8) is 0 Å². The first-order valence-electron chi connectivity index (χ1n) is 4.24. The van der Waals surface area contributed by atoms with Crippen molar-refractivity contribution in [2.24, 2.45) is 0 Å². The Morgan fingerprint density at radius 3 is 2.08 bits per heavy atom. The lowest BCUT2D eigenvalue weighted by Crippen LogP contribution is -2.18. The molecule has 66 valence electrons. The molecule has 0 heterocycles. The van der Waals surface area contributed by atoms with Gasteiger partial charge in [-0.3, -0.25) is 0 Å². The Balaban J connectivity index is 2.96. The molecule has 0 saturated carbocycles. The molecular weight excluding hydrogens is 164 g/mol. The lowest BCUT2D eigenvalue weighted by atomic mass is 9.86. The van der Waals surface area contributed by atoms with Gasteiger partial charge < -0.3 is 0 Å². The largest absolute Gasteiger partial charge is 0.178 e. The smallest absolute Gasteiger partial charge is 0.000584 e. The molecule has 0 aliphatic heterocycles. The molecule has 1 aromatic carbocycles. The van der Waals surface area contributed by atoms with Crippen molar-refractivity contribution in [2.45, 2.75) is 26.2 Å². The van der Waals surface area contributed by atoms with Gasteiger partial charge in [0.25, 0.3) is 0 Å². The molecule has 0 spiro atoms. The van der Waals surface area contributed by atoms with Gasteiger partial charge in [-0.05, 0) is 23.7 Å². The van der Waals surface area contributed by atoms with Gasteiger partial charge in [-0.1, -0.05) is 43.7 Å². The average molecular weight is 180 g/mol. The van der Waals surface area contributed by atoms with Gasteiger partial charge >= 0.3 is 0 Å². The fourth-order valence-electron chi connectivity index (χ4n) is 1.10. The summed E-state index contributed by atoms with van der Waals surface area (Å²) in [4.78, 5) is 0. The first-order chi connectivity index (χ1) is 5.56. The van der Waals surface area contributed by atoms with Crippen LogP contribution in [-0.4, -0.2) is 5.75 Å². The standard InChI is InChI=1S/C11H16S/c1-9-4-6-10(7-5-9)11(2,3)8-12/h4-7,12H,8H2,1-3H3. The van der Waals surface area contributed by atoms with E-state index in [4.69, 9.17) is 0 Å². The van der Waals surface area contributed by atoms with Crippen LogP contribution in [0.15, 0.2) is 24.3 Å². The van der Waals surface area contributed by atoms with Crippen molar-refractivity contribution in [3.05, 3.63) is 35.4 Å². The summed E-state index contributed by atoms with van der Waals surface area (Å²) in [6, 6.07) is 8.68. The Kier molecular flexibility index (Phi) is 2.84. The average Bonchev–Trinajstić information content (AvgIpc) is 2.05. The highest BCUT2D eigenvalue weighted by Crippen LogP contribution is 2.24. The summed E-state index contributed by atoms with van der Waals surface area (Å²) in [5, 5.41) is 0. The number of benzene rings is 1. The van der Waals surface area contributed by atoms with Gasteiger partial charge in [-0.25, -0.2) is 0 Å². The highest BCUT2D eigenvalue weighted by atomic mass is 32.1. The topological polar surface area (TPSA) is 0 Å². The summed E-state index contributed by atoms with van der Waals surface area (Å²) in [6.45, 7) is 6.53. The molecule has 0 amide bonds. The highest BCUT2D eigenvalue weighted by Gasteiger charge is 2.17. The molecule has 1 aromatic rings. The van der Waals surface area contributed by atoms with Crippen LogP contribution in [0.1, 0.15) is 25.0 Å². The molecule has 0 fully saturated rings. The van der Waals surface area contributed by atoms with E-state index in [0.717, 1.165) is 5.75 Å². The van der Waals surface area contributed by atoms with E-state index in [2.05, 4.69) is 57.7 Å². The van der Waals surface area contributed by atoms with Crippen LogP contribution < -0.4 is 0 Å². The van der Waals surface area contributed by atoms with Gasteiger partial charge in [0.2, 0.25) is 0 Å². The van der Waals surface area contributed by atoms with E-state index >= 15 is 0 Å². The van der Waals surface area contributed by atoms with E-state index in [1.807, 2.05) is 0 Å². The molecular formula is C11H16S. The Bertz CT molecular complexity index is 246. The van der Waals surface area contributed by atoms with Gasteiger partial charge in [-0.15, -0.1) is 0 Å². The van der Waals surface area contributed by atoms with E-state index in [0.29, 0.717) is 0 Å². The molecule has 0 aliphatic rings. The quantitative estimate of drug-likeness (QED) is 0.664. The van der Waals surface area contributed by atoms with Crippen LogP contribution >= 0.6 is 12.6 Å². The molecule has 0 aromatic heterocycles. The van der Waals surface area contributed by atoms with Crippen molar-refractivity contribution in [2.75, 3.05) is 5.75 Å². The zero-order valence-corrected chi connectivity index (χ0v) is 8.86. The van der Waals surface area contributed by atoms with E-state index in [-0.39, 0.29) is 5.41 Å². The maximum Gasteiger partial charge on any atom is -0.000584 e. The minimum atomic E-state index is 0.191. The second-order valence-electron chi connectivity index (χ2n) is 3.91. The zero-order chi connectivity index (χ0) is 9.19. The minimum absolute atomic E-state index is 0.191. The predicted octanol–water partition coefficient (Wildman–Crippen LogP) is 3.20. The third-order valence-corrected chi connectivity index (χ3v) is 3.02. The van der Waals surface area contributed by atoms with Gasteiger partial charge in [0.15, 0.2) is 0 Å². The van der Waals surface area contributed by atoms with Gasteiger partial charge in [-0.2, -0.15) is 12.6 Å². The molecule has 1 rings (SSSR count). The fourth-order valence-corrected chi connectivity index (χ4v) is 1.28. The number of thiol groups is 1. The van der Waals surface area contributed by atoms with E-state index in [1.54, 1.807) is 0 Å². The van der Waals surface area contributed by atoms with Crippen LogP contribution in [0.5, 0.6) is 0 Å². The Hall–Kier alpha value is -0.430. The van der Waals surface area contributed by atoms with Crippen molar-refractivity contribution in [1.29, 1.82) is 0 Å². The number of aryl methyl sites for hydroxylation is 1. The molecule has 0 saturated heterocycles.